The number of amides is 1. The maximum atomic E-state index is 13.9. The zero-order valence-corrected chi connectivity index (χ0v) is 13.8. The van der Waals surface area contributed by atoms with Gasteiger partial charge in [0.2, 0.25) is 0 Å². The molecule has 0 spiro atoms. The summed E-state index contributed by atoms with van der Waals surface area (Å²) in [7, 11) is 0. The van der Waals surface area contributed by atoms with Crippen LogP contribution in [0.1, 0.15) is 21.5 Å². The minimum Gasteiger partial charge on any atom is -0.395 e. The van der Waals surface area contributed by atoms with Crippen molar-refractivity contribution in [2.75, 3.05) is 13.2 Å². The van der Waals surface area contributed by atoms with Crippen molar-refractivity contribution in [2.45, 2.75) is 6.54 Å². The van der Waals surface area contributed by atoms with Gasteiger partial charge in [-0.1, -0.05) is 15.9 Å². The summed E-state index contributed by atoms with van der Waals surface area (Å²) in [4.78, 5) is 13.9. The molecule has 0 atom stereocenters. The van der Waals surface area contributed by atoms with Crippen molar-refractivity contribution in [2.24, 2.45) is 0 Å². The molecule has 0 bridgehead atoms. The number of carbonyl (C=O) groups excluding carboxylic acids is 1. The van der Waals surface area contributed by atoms with Crippen molar-refractivity contribution < 1.29 is 14.3 Å². The Balaban J connectivity index is 2.24. The summed E-state index contributed by atoms with van der Waals surface area (Å²) in [6, 6.07) is 12.7. The minimum atomic E-state index is -0.413. The summed E-state index contributed by atoms with van der Waals surface area (Å²) < 4.78 is 14.6. The Morgan fingerprint density at radius 1 is 1.26 bits per heavy atom. The van der Waals surface area contributed by atoms with Crippen molar-refractivity contribution in [3.63, 3.8) is 0 Å². The number of hydrogen-bond acceptors (Lipinski definition) is 3. The molecule has 0 fully saturated rings. The smallest absolute Gasteiger partial charge is 0.254 e. The lowest BCUT2D eigenvalue weighted by Crippen LogP contribution is -2.33. The van der Waals surface area contributed by atoms with Crippen molar-refractivity contribution in [3.8, 4) is 6.07 Å². The number of nitriles is 1. The van der Waals surface area contributed by atoms with Gasteiger partial charge in [-0.05, 0) is 42.5 Å². The Morgan fingerprint density at radius 2 is 1.96 bits per heavy atom. The fourth-order valence-electron chi connectivity index (χ4n) is 2.11. The molecule has 0 radical (unpaired) electrons. The van der Waals surface area contributed by atoms with E-state index in [-0.39, 0.29) is 25.6 Å². The van der Waals surface area contributed by atoms with Gasteiger partial charge in [0.15, 0.2) is 0 Å². The predicted octanol–water partition coefficient (Wildman–Crippen LogP) is 3.09. The highest BCUT2D eigenvalue weighted by atomic mass is 79.9. The van der Waals surface area contributed by atoms with Gasteiger partial charge >= 0.3 is 0 Å². The minimum absolute atomic E-state index is 0.0463. The number of aliphatic hydroxyl groups excluding tert-OH is 1. The van der Waals surface area contributed by atoms with Crippen LogP contribution in [0, 0.1) is 17.1 Å². The lowest BCUT2D eigenvalue weighted by Gasteiger charge is -2.22. The molecule has 2 aromatic carbocycles. The van der Waals surface area contributed by atoms with Crippen molar-refractivity contribution >= 4 is 21.8 Å². The van der Waals surface area contributed by atoms with Crippen LogP contribution >= 0.6 is 15.9 Å². The van der Waals surface area contributed by atoms with Gasteiger partial charge in [0.1, 0.15) is 5.82 Å². The van der Waals surface area contributed by atoms with Crippen LogP contribution in [0.2, 0.25) is 0 Å². The van der Waals surface area contributed by atoms with Crippen LogP contribution < -0.4 is 0 Å². The third-order valence-electron chi connectivity index (χ3n) is 3.29. The van der Waals surface area contributed by atoms with Gasteiger partial charge in [0.05, 0.1) is 18.2 Å². The summed E-state index contributed by atoms with van der Waals surface area (Å²) >= 11 is 3.27. The highest BCUT2D eigenvalue weighted by Crippen LogP contribution is 2.18. The molecule has 1 N–H and O–H groups in total. The average Bonchev–Trinajstić information content (AvgIpc) is 2.57. The molecule has 0 aliphatic rings. The number of hydrogen-bond donors (Lipinski definition) is 1. The molecule has 118 valence electrons. The standard InChI is InChI=1S/C17H14BrFN2O2/c18-15-5-6-16(19)14(9-15)11-21(7-8-22)17(23)13-3-1-12(10-20)2-4-13/h1-6,9,22H,7-8,11H2. The van der Waals surface area contributed by atoms with Crippen LogP contribution in [0.25, 0.3) is 0 Å². The first-order chi connectivity index (χ1) is 11.0. The Bertz CT molecular complexity index is 741. The lowest BCUT2D eigenvalue weighted by molar-refractivity contribution is 0.0706. The zero-order chi connectivity index (χ0) is 16.8. The molecular formula is C17H14BrFN2O2. The first kappa shape index (κ1) is 17.1. The van der Waals surface area contributed by atoms with Gasteiger partial charge in [-0.2, -0.15) is 5.26 Å². The van der Waals surface area contributed by atoms with Crippen molar-refractivity contribution in [1.82, 2.24) is 4.90 Å². The van der Waals surface area contributed by atoms with Gasteiger partial charge in [-0.3, -0.25) is 4.79 Å². The van der Waals surface area contributed by atoms with E-state index in [1.54, 1.807) is 36.4 Å². The molecule has 0 saturated carbocycles. The number of aliphatic hydroxyl groups is 1. The van der Waals surface area contributed by atoms with Crippen molar-refractivity contribution in [1.29, 1.82) is 5.26 Å². The Kier molecular flexibility index (Phi) is 5.85. The fraction of sp³-hybridized carbons (Fsp3) is 0.176. The topological polar surface area (TPSA) is 64.3 Å². The monoisotopic (exact) mass is 376 g/mol. The van der Waals surface area contributed by atoms with Gasteiger partial charge in [-0.15, -0.1) is 0 Å². The van der Waals surface area contributed by atoms with Crippen LogP contribution in [0.15, 0.2) is 46.9 Å². The number of nitrogens with zero attached hydrogens (tertiary/aromatic N) is 2. The SMILES string of the molecule is N#Cc1ccc(C(=O)N(CCO)Cc2cc(Br)ccc2F)cc1. The van der Waals surface area contributed by atoms with E-state index >= 15 is 0 Å². The molecule has 0 saturated heterocycles. The molecule has 4 nitrogen and oxygen atoms in total. The predicted molar refractivity (Wildman–Crippen MR) is 87.1 cm³/mol. The van der Waals surface area contributed by atoms with E-state index in [1.165, 1.54) is 11.0 Å². The van der Waals surface area contributed by atoms with E-state index in [9.17, 15) is 14.3 Å². The average molecular weight is 377 g/mol. The second-order valence-electron chi connectivity index (χ2n) is 4.88. The quantitative estimate of drug-likeness (QED) is 0.871. The lowest BCUT2D eigenvalue weighted by atomic mass is 10.1. The summed E-state index contributed by atoms with van der Waals surface area (Å²) in [6.45, 7) is -0.0902. The maximum Gasteiger partial charge on any atom is 0.254 e. The Hall–Kier alpha value is -2.23. The van der Waals surface area contributed by atoms with Crippen LogP contribution in [-0.2, 0) is 6.54 Å². The van der Waals surface area contributed by atoms with Gasteiger partial charge in [-0.25, -0.2) is 4.39 Å². The first-order valence-electron chi connectivity index (χ1n) is 6.89. The molecule has 2 rings (SSSR count). The van der Waals surface area contributed by atoms with E-state index in [2.05, 4.69) is 15.9 Å². The van der Waals surface area contributed by atoms with Crippen LogP contribution in [0.5, 0.6) is 0 Å². The van der Waals surface area contributed by atoms with Crippen molar-refractivity contribution in [3.05, 3.63) is 69.4 Å². The highest BCUT2D eigenvalue weighted by Gasteiger charge is 2.17. The largest absolute Gasteiger partial charge is 0.395 e. The second kappa shape index (κ2) is 7.86. The number of carbonyl (C=O) groups is 1. The summed E-state index contributed by atoms with van der Waals surface area (Å²) in [5.74, 6) is -0.744. The van der Waals surface area contributed by atoms with Gasteiger partial charge < -0.3 is 10.0 Å². The summed E-state index contributed by atoms with van der Waals surface area (Å²) in [5.41, 5.74) is 1.19. The molecule has 0 aromatic heterocycles. The molecule has 0 aliphatic carbocycles. The molecule has 6 heteroatoms. The van der Waals surface area contributed by atoms with Gasteiger partial charge in [0.25, 0.3) is 5.91 Å². The second-order valence-corrected chi connectivity index (χ2v) is 5.79. The molecule has 1 amide bonds. The van der Waals surface area contributed by atoms with E-state index in [1.807, 2.05) is 6.07 Å². The van der Waals surface area contributed by atoms with Gasteiger partial charge in [0, 0.05) is 28.7 Å². The number of benzene rings is 2. The maximum absolute atomic E-state index is 13.9. The van der Waals surface area contributed by atoms with E-state index in [0.717, 1.165) is 0 Å². The number of rotatable bonds is 5. The molecule has 23 heavy (non-hydrogen) atoms. The molecule has 0 unspecified atom stereocenters. The van der Waals surface area contributed by atoms with E-state index in [0.29, 0.717) is 21.2 Å². The molecule has 0 heterocycles. The van der Waals surface area contributed by atoms with E-state index < -0.39 is 5.82 Å². The first-order valence-corrected chi connectivity index (χ1v) is 7.68. The Labute approximate surface area is 141 Å². The summed E-state index contributed by atoms with van der Waals surface area (Å²) in [5, 5.41) is 18.0. The summed E-state index contributed by atoms with van der Waals surface area (Å²) in [6.07, 6.45) is 0. The third-order valence-corrected chi connectivity index (χ3v) is 3.78. The normalized spacial score (nSPS) is 10.2. The van der Waals surface area contributed by atoms with Crippen LogP contribution in [0.4, 0.5) is 4.39 Å². The third kappa shape index (κ3) is 4.38. The van der Waals surface area contributed by atoms with Crippen LogP contribution in [0.3, 0.4) is 0 Å². The zero-order valence-electron chi connectivity index (χ0n) is 12.2. The highest BCUT2D eigenvalue weighted by molar-refractivity contribution is 9.10. The molecular weight excluding hydrogens is 363 g/mol. The van der Waals surface area contributed by atoms with Crippen LogP contribution in [-0.4, -0.2) is 29.1 Å². The Morgan fingerprint density at radius 3 is 2.57 bits per heavy atom. The molecule has 2 aromatic rings. The fourth-order valence-corrected chi connectivity index (χ4v) is 2.52. The number of halogens is 2. The molecule has 0 aliphatic heterocycles. The van der Waals surface area contributed by atoms with E-state index in [4.69, 9.17) is 5.26 Å².